The van der Waals surface area contributed by atoms with Crippen LogP contribution in [0.15, 0.2) is 42.5 Å². The summed E-state index contributed by atoms with van der Waals surface area (Å²) < 4.78 is 42.1. The van der Waals surface area contributed by atoms with Gasteiger partial charge in [0.15, 0.2) is 17.2 Å². The number of carboxylic acids is 1. The molecular formula is C28H26ClF2N5O4. The predicted octanol–water partition coefficient (Wildman–Crippen LogP) is 5.05. The fourth-order valence-corrected chi connectivity index (χ4v) is 5.11. The van der Waals surface area contributed by atoms with Gasteiger partial charge in [-0.25, -0.2) is 23.5 Å². The minimum absolute atomic E-state index is 0.0351. The van der Waals surface area contributed by atoms with E-state index in [1.165, 1.54) is 6.07 Å². The van der Waals surface area contributed by atoms with Crippen LogP contribution in [-0.2, 0) is 24.4 Å². The average molecular weight is 570 g/mol. The van der Waals surface area contributed by atoms with E-state index in [9.17, 15) is 18.7 Å². The van der Waals surface area contributed by atoms with Crippen molar-refractivity contribution in [3.63, 3.8) is 0 Å². The Morgan fingerprint density at radius 2 is 2.10 bits per heavy atom. The molecular weight excluding hydrogens is 544 g/mol. The van der Waals surface area contributed by atoms with Crippen LogP contribution in [0.2, 0.25) is 5.02 Å². The summed E-state index contributed by atoms with van der Waals surface area (Å²) in [4.78, 5) is 25.3. The van der Waals surface area contributed by atoms with E-state index >= 15 is 0 Å². The highest BCUT2D eigenvalue weighted by atomic mass is 35.5. The van der Waals surface area contributed by atoms with Crippen molar-refractivity contribution in [2.24, 2.45) is 0 Å². The molecule has 40 heavy (non-hydrogen) atoms. The number of ether oxygens (including phenoxy) is 2. The molecule has 5 heterocycles. The molecule has 1 aromatic carbocycles. The summed E-state index contributed by atoms with van der Waals surface area (Å²) in [5, 5.41) is 9.63. The second-order valence-electron chi connectivity index (χ2n) is 9.84. The van der Waals surface area contributed by atoms with Crippen molar-refractivity contribution < 1.29 is 28.2 Å². The summed E-state index contributed by atoms with van der Waals surface area (Å²) in [6.07, 6.45) is 3.62. The predicted molar refractivity (Wildman–Crippen MR) is 143 cm³/mol. The number of nitrogens with one attached hydrogen (secondary N) is 1. The standard InChI is InChI=1S/C28H26ClF2N5O4/c29-18-5-4-17(20(30)12-18)15-40-23-3-1-2-21(32-23)16-6-9-35(10-7-16)14-22-33-27-26(24(31)25(34-27)28(37)38)36(22)13-19-8-11-39-19/h1-6,12,19,34H,7-11,13-15H2,(H,37,38)/t19-/m0/s1. The lowest BCUT2D eigenvalue weighted by Gasteiger charge is -2.29. The Labute approximate surface area is 233 Å². The molecule has 3 aromatic heterocycles. The molecule has 4 aromatic rings. The van der Waals surface area contributed by atoms with Crippen LogP contribution >= 0.6 is 11.6 Å². The Morgan fingerprint density at radius 3 is 2.80 bits per heavy atom. The van der Waals surface area contributed by atoms with E-state index in [-0.39, 0.29) is 23.9 Å². The Hall–Kier alpha value is -3.80. The number of hydrogen-bond acceptors (Lipinski definition) is 6. The number of imidazole rings is 1. The quantitative estimate of drug-likeness (QED) is 0.291. The van der Waals surface area contributed by atoms with Gasteiger partial charge < -0.3 is 24.1 Å². The lowest BCUT2D eigenvalue weighted by molar-refractivity contribution is -0.0592. The largest absolute Gasteiger partial charge is 0.476 e. The number of halogens is 3. The molecule has 1 fully saturated rings. The fourth-order valence-electron chi connectivity index (χ4n) is 4.95. The third-order valence-electron chi connectivity index (χ3n) is 7.21. The number of rotatable bonds is 9. The Morgan fingerprint density at radius 1 is 1.25 bits per heavy atom. The average Bonchev–Trinajstić information content (AvgIpc) is 3.42. The first kappa shape index (κ1) is 26.4. The number of nitrogens with zero attached hydrogens (tertiary/aromatic N) is 4. The number of fused-ring (bicyclic) bond motifs is 1. The molecule has 2 aliphatic heterocycles. The first-order valence-corrected chi connectivity index (χ1v) is 13.3. The summed E-state index contributed by atoms with van der Waals surface area (Å²) in [6.45, 7) is 2.91. The van der Waals surface area contributed by atoms with Gasteiger partial charge in [0.1, 0.15) is 23.8 Å². The van der Waals surface area contributed by atoms with Crippen LogP contribution in [0.25, 0.3) is 16.7 Å². The zero-order valence-electron chi connectivity index (χ0n) is 21.4. The van der Waals surface area contributed by atoms with Crippen LogP contribution < -0.4 is 4.74 Å². The van der Waals surface area contributed by atoms with Crippen LogP contribution in [0.3, 0.4) is 0 Å². The van der Waals surface area contributed by atoms with Gasteiger partial charge in [-0.2, -0.15) is 0 Å². The van der Waals surface area contributed by atoms with Gasteiger partial charge in [-0.15, -0.1) is 0 Å². The molecule has 208 valence electrons. The summed E-state index contributed by atoms with van der Waals surface area (Å²) in [5.74, 6) is -1.56. The molecule has 0 unspecified atom stereocenters. The minimum atomic E-state index is -1.36. The maximum Gasteiger partial charge on any atom is 0.355 e. The highest BCUT2D eigenvalue weighted by molar-refractivity contribution is 6.30. The molecule has 0 spiro atoms. The van der Waals surface area contributed by atoms with Crippen LogP contribution in [0, 0.1) is 11.6 Å². The van der Waals surface area contributed by atoms with Gasteiger partial charge in [0.25, 0.3) is 0 Å². The zero-order chi connectivity index (χ0) is 27.8. The SMILES string of the molecule is O=C(O)c1[nH]c2nc(CN3CC=C(c4cccc(OCc5ccc(Cl)cc5F)n4)CC3)n(C[C@@H]3CCO3)c2c1F. The summed E-state index contributed by atoms with van der Waals surface area (Å²) in [6, 6.07) is 9.95. The molecule has 9 nitrogen and oxygen atoms in total. The number of benzene rings is 1. The van der Waals surface area contributed by atoms with Crippen molar-refractivity contribution in [3.8, 4) is 5.88 Å². The maximum atomic E-state index is 15.0. The van der Waals surface area contributed by atoms with Crippen molar-refractivity contribution in [2.45, 2.75) is 38.6 Å². The molecule has 1 saturated heterocycles. The van der Waals surface area contributed by atoms with Gasteiger partial charge in [0.05, 0.1) is 24.9 Å². The maximum absolute atomic E-state index is 15.0. The van der Waals surface area contributed by atoms with Gasteiger partial charge in [0, 0.05) is 36.3 Å². The number of hydrogen-bond donors (Lipinski definition) is 2. The number of aromatic nitrogens is 4. The normalized spacial score (nSPS) is 17.6. The van der Waals surface area contributed by atoms with E-state index in [0.29, 0.717) is 48.5 Å². The fraction of sp³-hybridized carbons (Fsp3) is 0.321. The molecule has 12 heteroatoms. The van der Waals surface area contributed by atoms with E-state index in [1.54, 1.807) is 22.8 Å². The van der Waals surface area contributed by atoms with Crippen LogP contribution in [0.1, 0.15) is 40.4 Å². The van der Waals surface area contributed by atoms with Gasteiger partial charge in [-0.05, 0) is 36.6 Å². The van der Waals surface area contributed by atoms with Gasteiger partial charge in [0.2, 0.25) is 5.88 Å². The van der Waals surface area contributed by atoms with Gasteiger partial charge >= 0.3 is 5.97 Å². The number of carboxylic acid groups (broad SMARTS) is 1. The Kier molecular flexibility index (Phi) is 7.26. The highest BCUT2D eigenvalue weighted by Gasteiger charge is 2.28. The van der Waals surface area contributed by atoms with Gasteiger partial charge in [-0.3, -0.25) is 4.90 Å². The molecule has 0 bridgehead atoms. The van der Waals surface area contributed by atoms with Crippen molar-refractivity contribution in [1.29, 1.82) is 0 Å². The Balaban J connectivity index is 1.15. The van der Waals surface area contributed by atoms with E-state index in [4.69, 9.17) is 21.1 Å². The smallest absolute Gasteiger partial charge is 0.355 e. The third kappa shape index (κ3) is 5.32. The minimum Gasteiger partial charge on any atom is -0.476 e. The molecule has 0 saturated carbocycles. The van der Waals surface area contributed by atoms with E-state index in [0.717, 1.165) is 30.7 Å². The topological polar surface area (TPSA) is 105 Å². The van der Waals surface area contributed by atoms with E-state index in [2.05, 4.69) is 25.9 Å². The van der Waals surface area contributed by atoms with Crippen LogP contribution in [-0.4, -0.2) is 61.3 Å². The van der Waals surface area contributed by atoms with Crippen LogP contribution in [0.5, 0.6) is 5.88 Å². The first-order chi connectivity index (χ1) is 19.4. The summed E-state index contributed by atoms with van der Waals surface area (Å²) >= 11 is 5.82. The summed E-state index contributed by atoms with van der Waals surface area (Å²) in [7, 11) is 0. The molecule has 0 aliphatic carbocycles. The van der Waals surface area contributed by atoms with Crippen molar-refractivity contribution in [2.75, 3.05) is 19.7 Å². The number of aromatic amines is 1. The van der Waals surface area contributed by atoms with Crippen molar-refractivity contribution >= 4 is 34.3 Å². The molecule has 2 N–H and O–H groups in total. The monoisotopic (exact) mass is 569 g/mol. The number of aromatic carboxylic acids is 1. The van der Waals surface area contributed by atoms with E-state index < -0.39 is 23.3 Å². The molecule has 2 aliphatic rings. The number of carbonyl (C=O) groups is 1. The first-order valence-electron chi connectivity index (χ1n) is 12.9. The number of pyridine rings is 1. The second kappa shape index (κ2) is 11.0. The molecule has 1 atom stereocenters. The number of H-pyrrole nitrogens is 1. The van der Waals surface area contributed by atoms with E-state index in [1.807, 2.05) is 12.1 Å². The van der Waals surface area contributed by atoms with Gasteiger partial charge in [-0.1, -0.05) is 29.8 Å². The lowest BCUT2D eigenvalue weighted by atomic mass is 10.0. The Bertz CT molecular complexity index is 1610. The second-order valence-corrected chi connectivity index (χ2v) is 10.3. The van der Waals surface area contributed by atoms with Crippen molar-refractivity contribution in [3.05, 3.63) is 81.9 Å². The lowest BCUT2D eigenvalue weighted by Crippen LogP contribution is -2.34. The molecule has 0 amide bonds. The zero-order valence-corrected chi connectivity index (χ0v) is 22.1. The van der Waals surface area contributed by atoms with Crippen LogP contribution in [0.4, 0.5) is 8.78 Å². The third-order valence-corrected chi connectivity index (χ3v) is 7.45. The summed E-state index contributed by atoms with van der Waals surface area (Å²) in [5.41, 5.74) is 2.13. The molecule has 6 rings (SSSR count). The van der Waals surface area contributed by atoms with Crippen molar-refractivity contribution in [1.82, 2.24) is 24.4 Å². The molecule has 0 radical (unpaired) electrons. The highest BCUT2D eigenvalue weighted by Crippen LogP contribution is 2.28.